The lowest BCUT2D eigenvalue weighted by molar-refractivity contribution is -0.138. The number of ether oxygens (including phenoxy) is 2. The number of aromatic nitrogens is 4. The smallest absolute Gasteiger partial charge is 0.417 e. The van der Waals surface area contributed by atoms with Gasteiger partial charge in [-0.1, -0.05) is 12.1 Å². The number of para-hydroxylation sites is 1. The Morgan fingerprint density at radius 1 is 1.06 bits per heavy atom. The van der Waals surface area contributed by atoms with E-state index in [0.717, 1.165) is 13.3 Å². The Morgan fingerprint density at radius 2 is 1.77 bits per heavy atom. The van der Waals surface area contributed by atoms with Crippen LogP contribution in [0.3, 0.4) is 0 Å². The molecule has 1 aromatic carbocycles. The summed E-state index contributed by atoms with van der Waals surface area (Å²) in [5.74, 6) is -2.00. The number of piperidine rings is 1. The van der Waals surface area contributed by atoms with E-state index in [0.29, 0.717) is 30.2 Å². The summed E-state index contributed by atoms with van der Waals surface area (Å²) in [6.07, 6.45) is -0.601. The Hall–Kier alpha value is -3.96. The number of pyridine rings is 1. The van der Waals surface area contributed by atoms with E-state index in [1.807, 2.05) is 6.92 Å². The molecule has 1 saturated heterocycles. The van der Waals surface area contributed by atoms with E-state index >= 15 is 0 Å². The molecule has 0 saturated carbocycles. The molecule has 3 aromatic rings. The molecule has 4 rings (SSSR count). The number of esters is 1. The van der Waals surface area contributed by atoms with Crippen molar-refractivity contribution in [3.63, 3.8) is 0 Å². The fourth-order valence-corrected chi connectivity index (χ4v) is 4.00. The van der Waals surface area contributed by atoms with Crippen molar-refractivity contribution in [1.82, 2.24) is 24.9 Å². The van der Waals surface area contributed by atoms with E-state index in [4.69, 9.17) is 4.74 Å². The fraction of sp³-hybridized carbons (Fsp3) is 0.348. The van der Waals surface area contributed by atoms with Crippen LogP contribution >= 0.6 is 0 Å². The minimum Gasteiger partial charge on any atom is -0.472 e. The molecule has 1 fully saturated rings. The van der Waals surface area contributed by atoms with Gasteiger partial charge in [0.2, 0.25) is 5.88 Å². The van der Waals surface area contributed by atoms with Crippen molar-refractivity contribution >= 4 is 11.9 Å². The van der Waals surface area contributed by atoms with Crippen LogP contribution in [0.1, 0.15) is 46.0 Å². The lowest BCUT2D eigenvalue weighted by atomic mass is 9.99. The minimum atomic E-state index is -4.81. The van der Waals surface area contributed by atoms with Crippen LogP contribution in [0.2, 0.25) is 0 Å². The maximum absolute atomic E-state index is 13.5. The first-order valence-electron chi connectivity index (χ1n) is 10.8. The number of benzene rings is 1. The molecule has 12 heteroatoms. The summed E-state index contributed by atoms with van der Waals surface area (Å²) in [5.41, 5.74) is -1.14. The van der Waals surface area contributed by atoms with Crippen LogP contribution in [-0.4, -0.2) is 62.6 Å². The molecule has 1 aliphatic rings. The van der Waals surface area contributed by atoms with Crippen molar-refractivity contribution in [3.05, 3.63) is 65.6 Å². The summed E-state index contributed by atoms with van der Waals surface area (Å²) in [6, 6.07) is 7.38. The average molecular weight is 489 g/mol. The number of likely N-dealkylation sites (tertiary alicyclic amines) is 1. The Kier molecular flexibility index (Phi) is 6.72. The van der Waals surface area contributed by atoms with E-state index in [2.05, 4.69) is 19.9 Å². The summed E-state index contributed by atoms with van der Waals surface area (Å²) in [4.78, 5) is 32.5. The van der Waals surface area contributed by atoms with Gasteiger partial charge in [-0.15, -0.1) is 0 Å². The summed E-state index contributed by atoms with van der Waals surface area (Å²) < 4.78 is 50.8. The highest BCUT2D eigenvalue weighted by atomic mass is 19.4. The van der Waals surface area contributed by atoms with Crippen molar-refractivity contribution in [2.75, 3.05) is 13.7 Å². The molecule has 0 radical (unpaired) electrons. The van der Waals surface area contributed by atoms with E-state index in [1.165, 1.54) is 17.2 Å². The second kappa shape index (κ2) is 9.72. The van der Waals surface area contributed by atoms with Crippen molar-refractivity contribution < 1.29 is 32.2 Å². The lowest BCUT2D eigenvalue weighted by Gasteiger charge is -2.38. The molecule has 0 unspecified atom stereocenters. The molecule has 0 spiro atoms. The fourth-order valence-electron chi connectivity index (χ4n) is 4.00. The van der Waals surface area contributed by atoms with Crippen molar-refractivity contribution in [2.45, 2.75) is 38.1 Å². The quantitative estimate of drug-likeness (QED) is 0.506. The summed E-state index contributed by atoms with van der Waals surface area (Å²) >= 11 is 0. The number of hydrogen-bond acceptors (Lipinski definition) is 7. The number of halogens is 3. The number of hydrogen-bond donors (Lipinski definition) is 0. The highest BCUT2D eigenvalue weighted by Gasteiger charge is 2.39. The third-order valence-electron chi connectivity index (χ3n) is 5.76. The second-order valence-electron chi connectivity index (χ2n) is 7.99. The van der Waals surface area contributed by atoms with Gasteiger partial charge in [-0.2, -0.15) is 28.2 Å². The van der Waals surface area contributed by atoms with Gasteiger partial charge in [0.15, 0.2) is 0 Å². The highest BCUT2D eigenvalue weighted by Crippen LogP contribution is 2.36. The maximum Gasteiger partial charge on any atom is 0.417 e. The molecule has 184 valence electrons. The topological polar surface area (TPSA) is 99.4 Å². The van der Waals surface area contributed by atoms with Gasteiger partial charge in [0, 0.05) is 12.2 Å². The van der Waals surface area contributed by atoms with E-state index in [1.54, 1.807) is 29.2 Å². The average Bonchev–Trinajstić information content (AvgIpc) is 3.38. The van der Waals surface area contributed by atoms with Crippen molar-refractivity contribution in [3.8, 4) is 11.6 Å². The van der Waals surface area contributed by atoms with Gasteiger partial charge in [0.25, 0.3) is 5.91 Å². The number of methoxy groups -OCH3 is 1. The summed E-state index contributed by atoms with van der Waals surface area (Å²) in [5, 5.41) is 8.19. The minimum absolute atomic E-state index is 0.0827. The number of carbonyl (C=O) groups is 2. The molecular weight excluding hydrogens is 467 g/mol. The largest absolute Gasteiger partial charge is 0.472 e. The molecule has 35 heavy (non-hydrogen) atoms. The Morgan fingerprint density at radius 3 is 2.46 bits per heavy atom. The highest BCUT2D eigenvalue weighted by molar-refractivity contribution is 5.98. The van der Waals surface area contributed by atoms with Gasteiger partial charge in [0.05, 0.1) is 42.9 Å². The van der Waals surface area contributed by atoms with Gasteiger partial charge < -0.3 is 14.4 Å². The molecule has 1 aliphatic heterocycles. The third kappa shape index (κ3) is 4.96. The molecule has 0 N–H and O–H groups in total. The molecule has 2 atom stereocenters. The zero-order valence-corrected chi connectivity index (χ0v) is 18.9. The predicted octanol–water partition coefficient (Wildman–Crippen LogP) is 3.54. The van der Waals surface area contributed by atoms with Crippen LogP contribution in [0.25, 0.3) is 5.69 Å². The van der Waals surface area contributed by atoms with Crippen LogP contribution in [0.15, 0.2) is 48.9 Å². The summed E-state index contributed by atoms with van der Waals surface area (Å²) in [6.45, 7) is 1.96. The zero-order valence-electron chi connectivity index (χ0n) is 18.9. The van der Waals surface area contributed by atoms with Gasteiger partial charge >= 0.3 is 12.1 Å². The molecule has 1 amide bonds. The normalized spacial score (nSPS) is 18.3. The van der Waals surface area contributed by atoms with Crippen LogP contribution in [-0.2, 0) is 10.9 Å². The van der Waals surface area contributed by atoms with Gasteiger partial charge in [-0.3, -0.25) is 4.79 Å². The zero-order chi connectivity index (χ0) is 25.2. The van der Waals surface area contributed by atoms with Gasteiger partial charge in [-0.25, -0.2) is 9.78 Å². The predicted molar refractivity (Wildman–Crippen MR) is 116 cm³/mol. The van der Waals surface area contributed by atoms with E-state index in [9.17, 15) is 22.8 Å². The Bertz CT molecular complexity index is 1220. The van der Waals surface area contributed by atoms with Crippen LogP contribution in [0, 0.1) is 0 Å². The first-order valence-corrected chi connectivity index (χ1v) is 10.8. The number of carbonyl (C=O) groups excluding carboxylic acids is 2. The molecular formula is C23H22F3N5O4. The second-order valence-corrected chi connectivity index (χ2v) is 7.99. The number of amides is 1. The lowest BCUT2D eigenvalue weighted by Crippen LogP contribution is -2.49. The first-order chi connectivity index (χ1) is 16.7. The first kappa shape index (κ1) is 24.2. The van der Waals surface area contributed by atoms with E-state index < -0.39 is 35.3 Å². The van der Waals surface area contributed by atoms with Crippen LogP contribution in [0.4, 0.5) is 13.2 Å². The monoisotopic (exact) mass is 489 g/mol. The molecule has 0 aliphatic carbocycles. The van der Waals surface area contributed by atoms with Crippen LogP contribution < -0.4 is 4.74 Å². The van der Waals surface area contributed by atoms with Crippen molar-refractivity contribution in [1.29, 1.82) is 0 Å². The number of alkyl halides is 3. The number of nitrogens with zero attached hydrogens (tertiary/aromatic N) is 5. The summed E-state index contributed by atoms with van der Waals surface area (Å²) in [7, 11) is 0.980. The molecule has 3 heterocycles. The third-order valence-corrected chi connectivity index (χ3v) is 5.76. The van der Waals surface area contributed by atoms with Gasteiger partial charge in [-0.05, 0) is 38.0 Å². The SMILES string of the molecule is COC(=O)c1c(C(F)(F)F)ccnc1O[C@@H]1CC[C@@H](C)N(C(=O)c2ccccc2-n2nccn2)C1. The van der Waals surface area contributed by atoms with Crippen molar-refractivity contribution in [2.24, 2.45) is 0 Å². The van der Waals surface area contributed by atoms with Crippen LogP contribution in [0.5, 0.6) is 5.88 Å². The molecule has 0 bridgehead atoms. The maximum atomic E-state index is 13.5. The number of rotatable bonds is 5. The van der Waals surface area contributed by atoms with Gasteiger partial charge in [0.1, 0.15) is 11.7 Å². The standard InChI is InChI=1S/C23H22F3N5O4/c1-14-7-8-15(35-20-19(22(33)34-2)17(9-10-27-20)23(24,25)26)13-30(14)21(32)16-5-3-4-6-18(16)31-28-11-12-29-31/h3-6,9-12,14-15H,7-8,13H2,1-2H3/t14-,15-/m1/s1. The Balaban J connectivity index is 1.61. The van der Waals surface area contributed by atoms with E-state index in [-0.39, 0.29) is 18.5 Å². The molecule has 9 nitrogen and oxygen atoms in total. The Labute approximate surface area is 198 Å². The molecule has 2 aromatic heterocycles.